The number of hydrogen-bond donors (Lipinski definition) is 0. The van der Waals surface area contributed by atoms with Gasteiger partial charge in [0, 0.05) is 19.0 Å². The zero-order valence-electron chi connectivity index (χ0n) is 8.62. The molecular formula is C11H19NO. The first-order valence-electron chi connectivity index (χ1n) is 5.49. The lowest BCUT2D eigenvalue weighted by Crippen LogP contribution is -2.40. The number of nitrogens with zero attached hydrogens (tertiary/aromatic N) is 1. The molecule has 1 amide bonds. The fourth-order valence-electron chi connectivity index (χ4n) is 2.85. The maximum absolute atomic E-state index is 11.6. The van der Waals surface area contributed by atoms with E-state index in [-0.39, 0.29) is 0 Å². The molecule has 0 bridgehead atoms. The second-order valence-electron chi connectivity index (χ2n) is 4.76. The third kappa shape index (κ3) is 1.47. The topological polar surface area (TPSA) is 20.3 Å². The van der Waals surface area contributed by atoms with Crippen LogP contribution in [0.1, 0.15) is 39.5 Å². The van der Waals surface area contributed by atoms with Crippen LogP contribution in [0.3, 0.4) is 0 Å². The molecule has 2 nitrogen and oxygen atoms in total. The van der Waals surface area contributed by atoms with Crippen LogP contribution < -0.4 is 0 Å². The molecule has 2 aliphatic rings. The van der Waals surface area contributed by atoms with Crippen molar-refractivity contribution in [2.24, 2.45) is 11.8 Å². The van der Waals surface area contributed by atoms with Crippen molar-refractivity contribution < 1.29 is 4.79 Å². The van der Waals surface area contributed by atoms with Crippen LogP contribution >= 0.6 is 0 Å². The van der Waals surface area contributed by atoms with Gasteiger partial charge in [-0.25, -0.2) is 0 Å². The SMILES string of the molecule is CC(C)C1CC(=O)N2CCCC[C@@H]12. The molecule has 2 heteroatoms. The van der Waals surface area contributed by atoms with E-state index in [1.165, 1.54) is 19.3 Å². The average molecular weight is 181 g/mol. The highest BCUT2D eigenvalue weighted by atomic mass is 16.2. The van der Waals surface area contributed by atoms with Gasteiger partial charge < -0.3 is 4.90 Å². The van der Waals surface area contributed by atoms with Crippen molar-refractivity contribution in [1.82, 2.24) is 4.90 Å². The minimum atomic E-state index is 0.406. The summed E-state index contributed by atoms with van der Waals surface area (Å²) in [4.78, 5) is 13.8. The molecule has 0 aliphatic carbocycles. The van der Waals surface area contributed by atoms with E-state index in [9.17, 15) is 4.79 Å². The Hall–Kier alpha value is -0.530. The fourth-order valence-corrected chi connectivity index (χ4v) is 2.85. The van der Waals surface area contributed by atoms with Gasteiger partial charge in [-0.2, -0.15) is 0 Å². The van der Waals surface area contributed by atoms with E-state index in [2.05, 4.69) is 18.7 Å². The summed E-state index contributed by atoms with van der Waals surface area (Å²) in [5.74, 6) is 1.70. The molecule has 2 aliphatic heterocycles. The lowest BCUT2D eigenvalue weighted by Gasteiger charge is -2.33. The van der Waals surface area contributed by atoms with Gasteiger partial charge in [-0.05, 0) is 31.1 Å². The summed E-state index contributed by atoms with van der Waals surface area (Å²) in [6.07, 6.45) is 4.58. The highest BCUT2D eigenvalue weighted by Gasteiger charge is 2.41. The van der Waals surface area contributed by atoms with Crippen LogP contribution in [0.5, 0.6) is 0 Å². The number of amides is 1. The number of hydrogen-bond acceptors (Lipinski definition) is 1. The van der Waals surface area contributed by atoms with E-state index >= 15 is 0 Å². The summed E-state index contributed by atoms with van der Waals surface area (Å²) in [6, 6.07) is 0.584. The van der Waals surface area contributed by atoms with Crippen LogP contribution in [0, 0.1) is 11.8 Å². The molecule has 0 aromatic rings. The second kappa shape index (κ2) is 3.32. The van der Waals surface area contributed by atoms with Crippen LogP contribution in [0.25, 0.3) is 0 Å². The molecular weight excluding hydrogens is 162 g/mol. The van der Waals surface area contributed by atoms with Gasteiger partial charge in [0.2, 0.25) is 5.91 Å². The van der Waals surface area contributed by atoms with E-state index in [4.69, 9.17) is 0 Å². The summed E-state index contributed by atoms with van der Waals surface area (Å²) in [5.41, 5.74) is 0. The summed E-state index contributed by atoms with van der Waals surface area (Å²) in [6.45, 7) is 5.51. The zero-order valence-corrected chi connectivity index (χ0v) is 8.62. The second-order valence-corrected chi connectivity index (χ2v) is 4.76. The Morgan fingerprint density at radius 1 is 1.38 bits per heavy atom. The molecule has 0 aromatic heterocycles. The molecule has 2 rings (SSSR count). The summed E-state index contributed by atoms with van der Waals surface area (Å²) in [7, 11) is 0. The molecule has 0 radical (unpaired) electrons. The number of carbonyl (C=O) groups is 1. The van der Waals surface area contributed by atoms with Crippen molar-refractivity contribution in [3.8, 4) is 0 Å². The highest BCUT2D eigenvalue weighted by molar-refractivity contribution is 5.79. The van der Waals surface area contributed by atoms with Gasteiger partial charge in [0.1, 0.15) is 0 Å². The quantitative estimate of drug-likeness (QED) is 0.606. The molecule has 74 valence electrons. The fraction of sp³-hybridized carbons (Fsp3) is 0.909. The number of rotatable bonds is 1. The Balaban J connectivity index is 2.12. The van der Waals surface area contributed by atoms with Gasteiger partial charge >= 0.3 is 0 Å². The van der Waals surface area contributed by atoms with Crippen LogP contribution in [0.4, 0.5) is 0 Å². The van der Waals surface area contributed by atoms with E-state index in [1.54, 1.807) is 0 Å². The summed E-state index contributed by atoms with van der Waals surface area (Å²) >= 11 is 0. The van der Waals surface area contributed by atoms with Gasteiger partial charge in [0.05, 0.1) is 0 Å². The molecule has 2 fully saturated rings. The van der Waals surface area contributed by atoms with Crippen LogP contribution in [0.15, 0.2) is 0 Å². The molecule has 2 saturated heterocycles. The Morgan fingerprint density at radius 2 is 2.15 bits per heavy atom. The number of piperidine rings is 1. The van der Waals surface area contributed by atoms with Crippen LogP contribution in [-0.2, 0) is 4.79 Å². The molecule has 1 unspecified atom stereocenters. The molecule has 2 heterocycles. The monoisotopic (exact) mass is 181 g/mol. The molecule has 13 heavy (non-hydrogen) atoms. The lowest BCUT2D eigenvalue weighted by molar-refractivity contribution is -0.129. The number of fused-ring (bicyclic) bond motifs is 1. The van der Waals surface area contributed by atoms with Crippen molar-refractivity contribution in [3.05, 3.63) is 0 Å². The first-order valence-corrected chi connectivity index (χ1v) is 5.49. The largest absolute Gasteiger partial charge is 0.339 e. The summed E-state index contributed by atoms with van der Waals surface area (Å²) in [5, 5.41) is 0. The van der Waals surface area contributed by atoms with Crippen LogP contribution in [0.2, 0.25) is 0 Å². The summed E-state index contributed by atoms with van der Waals surface area (Å²) < 4.78 is 0. The Morgan fingerprint density at radius 3 is 2.85 bits per heavy atom. The number of carbonyl (C=O) groups excluding carboxylic acids is 1. The average Bonchev–Trinajstić information content (AvgIpc) is 2.45. The van der Waals surface area contributed by atoms with Crippen molar-refractivity contribution in [3.63, 3.8) is 0 Å². The van der Waals surface area contributed by atoms with Crippen molar-refractivity contribution in [2.45, 2.75) is 45.6 Å². The molecule has 2 atom stereocenters. The molecule has 0 saturated carbocycles. The normalized spacial score (nSPS) is 34.1. The van der Waals surface area contributed by atoms with Crippen molar-refractivity contribution in [2.75, 3.05) is 6.54 Å². The third-order valence-corrected chi connectivity index (χ3v) is 3.63. The standard InChI is InChI=1S/C11H19NO/c1-8(2)9-7-11(13)12-6-4-3-5-10(9)12/h8-10H,3-7H2,1-2H3/t9?,10-/m0/s1. The maximum atomic E-state index is 11.6. The maximum Gasteiger partial charge on any atom is 0.223 e. The predicted octanol–water partition coefficient (Wildman–Crippen LogP) is 2.04. The minimum Gasteiger partial charge on any atom is -0.339 e. The first-order chi connectivity index (χ1) is 6.20. The van der Waals surface area contributed by atoms with Crippen LogP contribution in [-0.4, -0.2) is 23.4 Å². The van der Waals surface area contributed by atoms with Crippen molar-refractivity contribution >= 4 is 5.91 Å². The van der Waals surface area contributed by atoms with E-state index in [0.29, 0.717) is 23.8 Å². The van der Waals surface area contributed by atoms with E-state index in [0.717, 1.165) is 13.0 Å². The Bertz CT molecular complexity index is 212. The molecule has 0 aromatic carbocycles. The Kier molecular flexibility index (Phi) is 2.31. The first kappa shape index (κ1) is 9.04. The van der Waals surface area contributed by atoms with E-state index < -0.39 is 0 Å². The van der Waals surface area contributed by atoms with E-state index in [1.807, 2.05) is 0 Å². The minimum absolute atomic E-state index is 0.406. The van der Waals surface area contributed by atoms with Gasteiger partial charge in [0.25, 0.3) is 0 Å². The lowest BCUT2D eigenvalue weighted by atomic mass is 9.85. The van der Waals surface area contributed by atoms with Gasteiger partial charge in [-0.1, -0.05) is 13.8 Å². The van der Waals surface area contributed by atoms with Gasteiger partial charge in [0.15, 0.2) is 0 Å². The van der Waals surface area contributed by atoms with Gasteiger partial charge in [-0.15, -0.1) is 0 Å². The van der Waals surface area contributed by atoms with Gasteiger partial charge in [-0.3, -0.25) is 4.79 Å². The Labute approximate surface area is 80.3 Å². The smallest absolute Gasteiger partial charge is 0.223 e. The molecule has 0 spiro atoms. The predicted molar refractivity (Wildman–Crippen MR) is 52.3 cm³/mol. The zero-order chi connectivity index (χ0) is 9.42. The van der Waals surface area contributed by atoms with Crippen molar-refractivity contribution in [1.29, 1.82) is 0 Å². The third-order valence-electron chi connectivity index (χ3n) is 3.63. The molecule has 0 N–H and O–H groups in total. The highest BCUT2D eigenvalue weighted by Crippen LogP contribution is 2.36.